The summed E-state index contributed by atoms with van der Waals surface area (Å²) in [5.74, 6) is -0.622. The molecule has 0 N–H and O–H groups in total. The van der Waals surface area contributed by atoms with E-state index in [1.807, 2.05) is 13.0 Å². The maximum Gasteiger partial charge on any atom is 0.339 e. The summed E-state index contributed by atoms with van der Waals surface area (Å²) in [4.78, 5) is 11.5. The number of nitrogens with zero attached hydrogens (tertiary/aromatic N) is 1. The summed E-state index contributed by atoms with van der Waals surface area (Å²) in [5, 5.41) is 9.32. The van der Waals surface area contributed by atoms with Crippen LogP contribution in [0.5, 0.6) is 11.5 Å². The highest BCUT2D eigenvalue weighted by atomic mass is 32.2. The smallest absolute Gasteiger partial charge is 0.339 e. The molecule has 0 saturated carbocycles. The topological polar surface area (TPSA) is 103 Å². The first-order valence-electron chi connectivity index (χ1n) is 8.29. The maximum atomic E-state index is 12.6. The van der Waals surface area contributed by atoms with Crippen molar-refractivity contribution in [3.8, 4) is 17.6 Å². The molecule has 0 aliphatic rings. The average molecular weight is 401 g/mol. The fraction of sp³-hybridized carbons (Fsp3) is 0.200. The second-order valence-corrected chi connectivity index (χ2v) is 7.18. The van der Waals surface area contributed by atoms with Crippen molar-refractivity contribution in [1.29, 1.82) is 5.26 Å². The molecule has 0 bridgehead atoms. The summed E-state index contributed by atoms with van der Waals surface area (Å²) in [7, 11) is -2.79. The Morgan fingerprint density at radius 2 is 1.86 bits per heavy atom. The number of nitriles is 1. The van der Waals surface area contributed by atoms with E-state index in [0.717, 1.165) is 11.6 Å². The van der Waals surface area contributed by atoms with Gasteiger partial charge in [-0.1, -0.05) is 17.7 Å². The van der Waals surface area contributed by atoms with Gasteiger partial charge in [0.05, 0.1) is 25.3 Å². The lowest BCUT2D eigenvalue weighted by atomic mass is 10.1. The van der Waals surface area contributed by atoms with Gasteiger partial charge in [-0.2, -0.15) is 13.7 Å². The molecule has 0 unspecified atom stereocenters. The Hall–Kier alpha value is -3.31. The molecular formula is C20H19NO6S. The number of rotatable bonds is 7. The summed E-state index contributed by atoms with van der Waals surface area (Å²) in [5.41, 5.74) is 1.37. The molecule has 7 nitrogen and oxygen atoms in total. The molecule has 0 radical (unpaired) electrons. The van der Waals surface area contributed by atoms with Gasteiger partial charge in [0.1, 0.15) is 4.90 Å². The Bertz CT molecular complexity index is 1030. The van der Waals surface area contributed by atoms with Crippen molar-refractivity contribution in [2.24, 2.45) is 0 Å². The molecule has 0 aliphatic heterocycles. The molecule has 0 fully saturated rings. The number of carbonyl (C=O) groups excluding carboxylic acids is 1. The van der Waals surface area contributed by atoms with Crippen LogP contribution in [0.2, 0.25) is 0 Å². The zero-order chi connectivity index (χ0) is 20.7. The Morgan fingerprint density at radius 1 is 1.18 bits per heavy atom. The predicted molar refractivity (Wildman–Crippen MR) is 102 cm³/mol. The zero-order valence-corrected chi connectivity index (χ0v) is 16.4. The number of benzene rings is 2. The van der Waals surface area contributed by atoms with Crippen LogP contribution in [0.3, 0.4) is 0 Å². The van der Waals surface area contributed by atoms with E-state index in [4.69, 9.17) is 13.7 Å². The van der Waals surface area contributed by atoms with Crippen molar-refractivity contribution in [2.75, 3.05) is 13.7 Å². The van der Waals surface area contributed by atoms with Crippen molar-refractivity contribution < 1.29 is 26.9 Å². The first kappa shape index (κ1) is 21.0. The van der Waals surface area contributed by atoms with E-state index >= 15 is 0 Å². The summed E-state index contributed by atoms with van der Waals surface area (Å²) < 4.78 is 40.3. The van der Waals surface area contributed by atoms with Gasteiger partial charge in [-0.25, -0.2) is 4.79 Å². The van der Waals surface area contributed by atoms with E-state index in [2.05, 4.69) is 0 Å². The first-order chi connectivity index (χ1) is 13.3. The average Bonchev–Trinajstić information content (AvgIpc) is 2.66. The van der Waals surface area contributed by atoms with Gasteiger partial charge in [-0.05, 0) is 43.7 Å². The Morgan fingerprint density at radius 3 is 2.43 bits per heavy atom. The number of methoxy groups -OCH3 is 1. The molecule has 0 saturated heterocycles. The molecule has 0 aliphatic carbocycles. The number of aryl methyl sites for hydroxylation is 1. The molecule has 0 aromatic heterocycles. The normalized spacial score (nSPS) is 11.1. The third-order valence-electron chi connectivity index (χ3n) is 3.65. The van der Waals surface area contributed by atoms with Crippen LogP contribution < -0.4 is 8.92 Å². The highest BCUT2D eigenvalue weighted by Crippen LogP contribution is 2.33. The molecule has 0 spiro atoms. The molecule has 28 heavy (non-hydrogen) atoms. The van der Waals surface area contributed by atoms with Gasteiger partial charge in [0.2, 0.25) is 0 Å². The van der Waals surface area contributed by atoms with Crippen molar-refractivity contribution in [3.05, 3.63) is 59.2 Å². The van der Waals surface area contributed by atoms with Gasteiger partial charge in [0, 0.05) is 12.1 Å². The molecule has 8 heteroatoms. The number of ether oxygens (including phenoxy) is 2. The van der Waals surface area contributed by atoms with E-state index in [-0.39, 0.29) is 34.1 Å². The predicted octanol–water partition coefficient (Wildman–Crippen LogP) is 3.22. The van der Waals surface area contributed by atoms with Gasteiger partial charge in [-0.3, -0.25) is 0 Å². The Balaban J connectivity index is 2.45. The zero-order valence-electron chi connectivity index (χ0n) is 15.6. The van der Waals surface area contributed by atoms with Crippen molar-refractivity contribution >= 4 is 22.2 Å². The SMILES string of the molecule is CCOC(=O)C=Cc1cc(OS(=O)(=O)c2ccc(C)cc2)c(OC)cc1C#N. The third kappa shape index (κ3) is 5.11. The second kappa shape index (κ2) is 9.06. The van der Waals surface area contributed by atoms with E-state index in [1.165, 1.54) is 37.5 Å². The Kier molecular flexibility index (Phi) is 6.79. The van der Waals surface area contributed by atoms with Crippen LogP contribution in [0.15, 0.2) is 47.4 Å². The highest BCUT2D eigenvalue weighted by molar-refractivity contribution is 7.87. The van der Waals surface area contributed by atoms with Crippen molar-refractivity contribution in [2.45, 2.75) is 18.7 Å². The van der Waals surface area contributed by atoms with E-state index < -0.39 is 16.1 Å². The van der Waals surface area contributed by atoms with Crippen LogP contribution in [0, 0.1) is 18.3 Å². The molecule has 146 valence electrons. The molecule has 0 amide bonds. The number of hydrogen-bond donors (Lipinski definition) is 0. The molecule has 0 atom stereocenters. The quantitative estimate of drug-likeness (QED) is 0.399. The monoisotopic (exact) mass is 401 g/mol. The lowest BCUT2D eigenvalue weighted by Crippen LogP contribution is -2.11. The minimum Gasteiger partial charge on any atom is -0.493 e. The summed E-state index contributed by atoms with van der Waals surface area (Å²) in [6.45, 7) is 3.71. The maximum absolute atomic E-state index is 12.6. The molecule has 2 aromatic carbocycles. The highest BCUT2D eigenvalue weighted by Gasteiger charge is 2.20. The van der Waals surface area contributed by atoms with E-state index in [0.29, 0.717) is 0 Å². The van der Waals surface area contributed by atoms with Gasteiger partial charge in [0.15, 0.2) is 11.5 Å². The van der Waals surface area contributed by atoms with Gasteiger partial charge >= 0.3 is 16.1 Å². The van der Waals surface area contributed by atoms with Crippen LogP contribution >= 0.6 is 0 Å². The minimum absolute atomic E-state index is 0.0203. The number of esters is 1. The lowest BCUT2D eigenvalue weighted by molar-refractivity contribution is -0.137. The number of carbonyl (C=O) groups is 1. The van der Waals surface area contributed by atoms with Crippen LogP contribution in [0.1, 0.15) is 23.6 Å². The van der Waals surface area contributed by atoms with E-state index in [9.17, 15) is 18.5 Å². The Labute approximate surface area is 163 Å². The molecule has 2 aromatic rings. The first-order valence-corrected chi connectivity index (χ1v) is 9.69. The van der Waals surface area contributed by atoms with Crippen LogP contribution in [-0.2, 0) is 19.6 Å². The standard InChI is InChI=1S/C20H19NO6S/c1-4-26-20(22)10-7-15-11-19(18(25-3)12-16(15)13-21)27-28(23,24)17-8-5-14(2)6-9-17/h5-12H,4H2,1-3H3. The molecule has 2 rings (SSSR count). The molecule has 0 heterocycles. The van der Waals surface area contributed by atoms with Crippen LogP contribution in [-0.4, -0.2) is 28.1 Å². The minimum atomic E-state index is -4.12. The second-order valence-electron chi connectivity index (χ2n) is 5.64. The van der Waals surface area contributed by atoms with Crippen LogP contribution in [0.25, 0.3) is 6.08 Å². The fourth-order valence-corrected chi connectivity index (χ4v) is 3.19. The van der Waals surface area contributed by atoms with Crippen molar-refractivity contribution in [3.63, 3.8) is 0 Å². The largest absolute Gasteiger partial charge is 0.493 e. The molecular weight excluding hydrogens is 382 g/mol. The summed E-state index contributed by atoms with van der Waals surface area (Å²) in [6.07, 6.45) is 2.49. The summed E-state index contributed by atoms with van der Waals surface area (Å²) >= 11 is 0. The third-order valence-corrected chi connectivity index (χ3v) is 4.90. The van der Waals surface area contributed by atoms with E-state index in [1.54, 1.807) is 19.1 Å². The lowest BCUT2D eigenvalue weighted by Gasteiger charge is -2.12. The fourth-order valence-electron chi connectivity index (χ4n) is 2.25. The summed E-state index contributed by atoms with van der Waals surface area (Å²) in [6, 6.07) is 10.8. The van der Waals surface area contributed by atoms with Gasteiger partial charge < -0.3 is 13.7 Å². The van der Waals surface area contributed by atoms with Crippen molar-refractivity contribution in [1.82, 2.24) is 0 Å². The number of hydrogen-bond acceptors (Lipinski definition) is 7. The van der Waals surface area contributed by atoms with Gasteiger partial charge in [-0.15, -0.1) is 0 Å². The van der Waals surface area contributed by atoms with Gasteiger partial charge in [0.25, 0.3) is 0 Å². The van der Waals surface area contributed by atoms with Crippen LogP contribution in [0.4, 0.5) is 0 Å².